The van der Waals surface area contributed by atoms with Gasteiger partial charge in [0.1, 0.15) is 0 Å². The second-order valence-corrected chi connectivity index (χ2v) is 9.37. The van der Waals surface area contributed by atoms with Crippen LogP contribution in [-0.2, 0) is 14.8 Å². The van der Waals surface area contributed by atoms with Crippen molar-refractivity contribution in [3.63, 3.8) is 0 Å². The van der Waals surface area contributed by atoms with Crippen molar-refractivity contribution in [3.05, 3.63) is 64.6 Å². The van der Waals surface area contributed by atoms with E-state index < -0.39 is 10.0 Å². The van der Waals surface area contributed by atoms with E-state index in [1.165, 1.54) is 22.5 Å². The zero-order valence-corrected chi connectivity index (χ0v) is 17.9. The lowest BCUT2D eigenvalue weighted by Gasteiger charge is -2.31. The van der Waals surface area contributed by atoms with Crippen molar-refractivity contribution < 1.29 is 13.2 Å². The summed E-state index contributed by atoms with van der Waals surface area (Å²) < 4.78 is 27.8. The summed E-state index contributed by atoms with van der Waals surface area (Å²) in [6.45, 7) is 2.41. The predicted molar refractivity (Wildman–Crippen MR) is 115 cm³/mol. The molecule has 0 radical (unpaired) electrons. The van der Waals surface area contributed by atoms with Gasteiger partial charge < -0.3 is 10.2 Å². The van der Waals surface area contributed by atoms with Crippen LogP contribution >= 0.6 is 15.9 Å². The molecule has 2 aromatic carbocycles. The number of hydrogen-bond donors (Lipinski definition) is 1. The number of halogens is 1. The molecule has 8 heteroatoms. The van der Waals surface area contributed by atoms with E-state index in [1.54, 1.807) is 18.2 Å². The molecule has 0 spiro atoms. The summed E-state index contributed by atoms with van der Waals surface area (Å²) >= 11 is 3.43. The minimum Gasteiger partial charge on any atom is -0.323 e. The third-order valence-corrected chi connectivity index (χ3v) is 7.18. The molecule has 1 N–H and O–H groups in total. The molecule has 0 unspecified atom stereocenters. The minimum atomic E-state index is -3.51. The lowest BCUT2D eigenvalue weighted by atomic mass is 10.2. The van der Waals surface area contributed by atoms with E-state index in [9.17, 15) is 13.2 Å². The van der Waals surface area contributed by atoms with Crippen LogP contribution in [0.25, 0.3) is 6.08 Å². The largest absolute Gasteiger partial charge is 0.323 e. The Kier molecular flexibility index (Phi) is 6.66. The second-order valence-electron chi connectivity index (χ2n) is 6.58. The highest BCUT2D eigenvalue weighted by Crippen LogP contribution is 2.20. The monoisotopic (exact) mass is 463 g/mol. The zero-order valence-electron chi connectivity index (χ0n) is 15.5. The number of rotatable bonds is 5. The van der Waals surface area contributed by atoms with Crippen molar-refractivity contribution >= 4 is 43.6 Å². The van der Waals surface area contributed by atoms with Gasteiger partial charge in [-0.3, -0.25) is 4.79 Å². The van der Waals surface area contributed by atoms with Crippen molar-refractivity contribution in [2.45, 2.75) is 4.90 Å². The molecule has 2 aromatic rings. The van der Waals surface area contributed by atoms with E-state index in [4.69, 9.17) is 0 Å². The van der Waals surface area contributed by atoms with E-state index in [0.29, 0.717) is 18.8 Å². The van der Waals surface area contributed by atoms with Gasteiger partial charge >= 0.3 is 0 Å². The number of carbonyl (C=O) groups is 1. The van der Waals surface area contributed by atoms with Gasteiger partial charge in [-0.2, -0.15) is 4.31 Å². The maximum absolute atomic E-state index is 12.7. The summed E-state index contributed by atoms with van der Waals surface area (Å²) in [5.74, 6) is -0.287. The summed E-state index contributed by atoms with van der Waals surface area (Å²) in [5, 5.41) is 2.74. The number of benzene rings is 2. The van der Waals surface area contributed by atoms with Crippen LogP contribution in [0.2, 0.25) is 0 Å². The Hall–Kier alpha value is -2.00. The fourth-order valence-corrected chi connectivity index (χ4v) is 4.69. The van der Waals surface area contributed by atoms with Crippen molar-refractivity contribution in [3.8, 4) is 0 Å². The first-order valence-corrected chi connectivity index (χ1v) is 11.1. The molecule has 3 rings (SSSR count). The fraction of sp³-hybridized carbons (Fsp3) is 0.250. The van der Waals surface area contributed by atoms with Gasteiger partial charge in [0.25, 0.3) is 0 Å². The maximum atomic E-state index is 12.7. The Morgan fingerprint density at radius 3 is 2.32 bits per heavy atom. The zero-order chi connectivity index (χ0) is 20.1. The van der Waals surface area contributed by atoms with Gasteiger partial charge in [0.05, 0.1) is 4.90 Å². The van der Waals surface area contributed by atoms with Crippen LogP contribution in [-0.4, -0.2) is 56.8 Å². The van der Waals surface area contributed by atoms with Crippen LogP contribution in [0.1, 0.15) is 5.56 Å². The molecule has 0 saturated carbocycles. The van der Waals surface area contributed by atoms with Gasteiger partial charge in [0.15, 0.2) is 0 Å². The Labute approximate surface area is 174 Å². The third-order valence-electron chi connectivity index (χ3n) is 4.54. The summed E-state index contributed by atoms with van der Waals surface area (Å²) in [7, 11) is -1.53. The Morgan fingerprint density at radius 1 is 1.04 bits per heavy atom. The topological polar surface area (TPSA) is 69.7 Å². The number of nitrogens with one attached hydrogen (secondary N) is 1. The first kappa shape index (κ1) is 20.7. The minimum absolute atomic E-state index is 0.235. The number of likely N-dealkylation sites (N-methyl/N-ethyl adjacent to an activating group) is 1. The molecule has 148 valence electrons. The van der Waals surface area contributed by atoms with E-state index in [-0.39, 0.29) is 10.8 Å². The van der Waals surface area contributed by atoms with Gasteiger partial charge in [-0.05, 0) is 49.0 Å². The van der Waals surface area contributed by atoms with Crippen molar-refractivity contribution in [1.29, 1.82) is 0 Å². The van der Waals surface area contributed by atoms with E-state index >= 15 is 0 Å². The lowest BCUT2D eigenvalue weighted by molar-refractivity contribution is -0.111. The standard InChI is InChI=1S/C20H22BrN3O3S/c1-23-12-14-24(15-13-23)28(26,27)18-9-7-17(8-10-18)22-20(25)11-6-16-4-2-3-5-19(16)21/h2-11H,12-15H2,1H3,(H,22,25)/b11-6+. The molecule has 6 nitrogen and oxygen atoms in total. The average molecular weight is 464 g/mol. The van der Waals surface area contributed by atoms with E-state index in [2.05, 4.69) is 26.1 Å². The molecule has 0 atom stereocenters. The number of piperazine rings is 1. The highest BCUT2D eigenvalue weighted by Gasteiger charge is 2.27. The summed E-state index contributed by atoms with van der Waals surface area (Å²) in [5.41, 5.74) is 1.44. The maximum Gasteiger partial charge on any atom is 0.248 e. The molecule has 1 fully saturated rings. The van der Waals surface area contributed by atoms with Crippen LogP contribution in [0.3, 0.4) is 0 Å². The molecule has 1 aliphatic rings. The molecule has 1 amide bonds. The Bertz CT molecular complexity index is 966. The van der Waals surface area contributed by atoms with Crippen molar-refractivity contribution in [2.24, 2.45) is 0 Å². The Morgan fingerprint density at radius 2 is 1.68 bits per heavy atom. The van der Waals surface area contributed by atoms with Gasteiger partial charge in [-0.1, -0.05) is 34.1 Å². The third kappa shape index (κ3) is 5.08. The highest BCUT2D eigenvalue weighted by molar-refractivity contribution is 9.10. The first-order valence-electron chi connectivity index (χ1n) is 8.88. The van der Waals surface area contributed by atoms with Gasteiger partial charge in [0.2, 0.25) is 15.9 Å². The number of hydrogen-bond acceptors (Lipinski definition) is 4. The van der Waals surface area contributed by atoms with Crippen LogP contribution in [0.5, 0.6) is 0 Å². The lowest BCUT2D eigenvalue weighted by Crippen LogP contribution is -2.46. The molecular weight excluding hydrogens is 442 g/mol. The molecule has 0 aliphatic carbocycles. The molecule has 1 saturated heterocycles. The van der Waals surface area contributed by atoms with Gasteiger partial charge in [-0.15, -0.1) is 0 Å². The number of nitrogens with zero attached hydrogens (tertiary/aromatic N) is 2. The molecule has 1 aliphatic heterocycles. The van der Waals surface area contributed by atoms with Crippen LogP contribution in [0.4, 0.5) is 5.69 Å². The number of amides is 1. The van der Waals surface area contributed by atoms with Gasteiger partial charge in [-0.25, -0.2) is 8.42 Å². The second kappa shape index (κ2) is 9.00. The number of anilines is 1. The Balaban J connectivity index is 1.64. The predicted octanol–water partition coefficient (Wildman–Crippen LogP) is 3.04. The van der Waals surface area contributed by atoms with E-state index in [0.717, 1.165) is 23.1 Å². The van der Waals surface area contributed by atoms with E-state index in [1.807, 2.05) is 31.3 Å². The molecular formula is C20H22BrN3O3S. The summed E-state index contributed by atoms with van der Waals surface area (Å²) in [4.78, 5) is 14.5. The highest BCUT2D eigenvalue weighted by atomic mass is 79.9. The smallest absolute Gasteiger partial charge is 0.248 e. The van der Waals surface area contributed by atoms with Crippen molar-refractivity contribution in [2.75, 3.05) is 38.5 Å². The first-order chi connectivity index (χ1) is 13.4. The number of carbonyl (C=O) groups excluding carboxylic acids is 1. The summed E-state index contributed by atoms with van der Waals surface area (Å²) in [6.07, 6.45) is 3.15. The normalized spacial score (nSPS) is 16.4. The SMILES string of the molecule is CN1CCN(S(=O)(=O)c2ccc(NC(=O)/C=C/c3ccccc3Br)cc2)CC1. The van der Waals surface area contributed by atoms with Crippen LogP contribution in [0.15, 0.2) is 64.0 Å². The summed E-state index contributed by atoms with van der Waals surface area (Å²) in [6, 6.07) is 13.9. The van der Waals surface area contributed by atoms with Gasteiger partial charge in [0, 0.05) is 42.4 Å². The van der Waals surface area contributed by atoms with Crippen LogP contribution < -0.4 is 5.32 Å². The number of sulfonamides is 1. The molecule has 28 heavy (non-hydrogen) atoms. The quantitative estimate of drug-likeness (QED) is 0.691. The average Bonchev–Trinajstić information content (AvgIpc) is 2.68. The van der Waals surface area contributed by atoms with Crippen LogP contribution in [0, 0.1) is 0 Å². The fourth-order valence-electron chi connectivity index (χ4n) is 2.85. The van der Waals surface area contributed by atoms with Crippen molar-refractivity contribution in [1.82, 2.24) is 9.21 Å². The molecule has 1 heterocycles. The molecule has 0 bridgehead atoms. The molecule has 0 aromatic heterocycles.